The minimum absolute atomic E-state index is 0.280. The smallest absolute Gasteiger partial charge is 0.383 e. The summed E-state index contributed by atoms with van der Waals surface area (Å²) >= 11 is 0. The molecule has 0 aromatic heterocycles. The van der Waals surface area contributed by atoms with Crippen LogP contribution >= 0.6 is 0 Å². The zero-order chi connectivity index (χ0) is 10.5. The molecular formula is C7H14F3NO2. The van der Waals surface area contributed by atoms with Crippen molar-refractivity contribution in [1.82, 2.24) is 5.32 Å². The highest BCUT2D eigenvalue weighted by atomic mass is 19.4. The number of hydrogen-bond donors (Lipinski definition) is 2. The van der Waals surface area contributed by atoms with Crippen molar-refractivity contribution in [2.45, 2.75) is 18.7 Å². The molecule has 0 saturated heterocycles. The molecule has 0 radical (unpaired) electrons. The molecule has 13 heavy (non-hydrogen) atoms. The molecule has 0 bridgehead atoms. The fraction of sp³-hybridized carbons (Fsp3) is 1.00. The van der Waals surface area contributed by atoms with Gasteiger partial charge in [0.2, 0.25) is 0 Å². The Morgan fingerprint density at radius 2 is 1.92 bits per heavy atom. The van der Waals surface area contributed by atoms with E-state index >= 15 is 0 Å². The standard InChI is InChI=1S/C7H14F3NO2/c1-6(12,7(8,9)10)5-11-3-4-13-2/h11-12H,3-5H2,1-2H3. The molecule has 0 rings (SSSR count). The maximum atomic E-state index is 12.0. The second-order valence-electron chi connectivity index (χ2n) is 2.94. The monoisotopic (exact) mass is 201 g/mol. The summed E-state index contributed by atoms with van der Waals surface area (Å²) < 4.78 is 40.7. The first kappa shape index (κ1) is 12.7. The van der Waals surface area contributed by atoms with Gasteiger partial charge in [-0.15, -0.1) is 0 Å². The van der Waals surface area contributed by atoms with Crippen LogP contribution in [0.2, 0.25) is 0 Å². The maximum Gasteiger partial charge on any atom is 0.418 e. The lowest BCUT2D eigenvalue weighted by Crippen LogP contribution is -2.50. The van der Waals surface area contributed by atoms with Crippen LogP contribution < -0.4 is 5.32 Å². The normalized spacial score (nSPS) is 17.1. The third-order valence-electron chi connectivity index (χ3n) is 1.56. The lowest BCUT2D eigenvalue weighted by molar-refractivity contribution is -0.250. The molecule has 0 amide bonds. The molecule has 0 fully saturated rings. The summed E-state index contributed by atoms with van der Waals surface area (Å²) in [6, 6.07) is 0. The van der Waals surface area contributed by atoms with Crippen LogP contribution in [0.3, 0.4) is 0 Å². The van der Waals surface area contributed by atoms with Gasteiger partial charge in [-0.3, -0.25) is 0 Å². The van der Waals surface area contributed by atoms with E-state index in [1.54, 1.807) is 0 Å². The number of hydrogen-bond acceptors (Lipinski definition) is 3. The molecule has 1 unspecified atom stereocenters. The molecular weight excluding hydrogens is 187 g/mol. The molecule has 0 aromatic rings. The van der Waals surface area contributed by atoms with Gasteiger partial charge in [-0.1, -0.05) is 0 Å². The first-order valence-corrected chi connectivity index (χ1v) is 3.80. The minimum Gasteiger partial charge on any atom is -0.383 e. The van der Waals surface area contributed by atoms with E-state index in [1.807, 2.05) is 0 Å². The second kappa shape index (κ2) is 4.78. The molecule has 80 valence electrons. The van der Waals surface area contributed by atoms with Crippen LogP contribution in [0.1, 0.15) is 6.92 Å². The topological polar surface area (TPSA) is 41.5 Å². The van der Waals surface area contributed by atoms with Crippen LogP contribution in [-0.4, -0.2) is 43.7 Å². The minimum atomic E-state index is -4.60. The summed E-state index contributed by atoms with van der Waals surface area (Å²) in [5.74, 6) is 0. The van der Waals surface area contributed by atoms with Gasteiger partial charge in [-0.25, -0.2) is 0 Å². The lowest BCUT2D eigenvalue weighted by Gasteiger charge is -2.26. The summed E-state index contributed by atoms with van der Waals surface area (Å²) in [6.07, 6.45) is -4.60. The molecule has 1 atom stereocenters. The predicted molar refractivity (Wildman–Crippen MR) is 41.4 cm³/mol. The van der Waals surface area contributed by atoms with Crippen molar-refractivity contribution in [3.05, 3.63) is 0 Å². The van der Waals surface area contributed by atoms with E-state index in [4.69, 9.17) is 5.11 Å². The molecule has 6 heteroatoms. The van der Waals surface area contributed by atoms with Crippen molar-refractivity contribution in [2.24, 2.45) is 0 Å². The van der Waals surface area contributed by atoms with Gasteiger partial charge in [0.05, 0.1) is 6.61 Å². The lowest BCUT2D eigenvalue weighted by atomic mass is 10.1. The van der Waals surface area contributed by atoms with E-state index in [0.717, 1.165) is 6.92 Å². The molecule has 0 aliphatic carbocycles. The van der Waals surface area contributed by atoms with Gasteiger partial charge in [0.1, 0.15) is 0 Å². The Kier molecular flexibility index (Phi) is 4.66. The molecule has 2 N–H and O–H groups in total. The SMILES string of the molecule is COCCNCC(C)(O)C(F)(F)F. The predicted octanol–water partition coefficient (Wildman–Crippen LogP) is 0.536. The number of ether oxygens (including phenoxy) is 1. The average Bonchev–Trinajstić information content (AvgIpc) is 1.96. The van der Waals surface area contributed by atoms with Crippen LogP contribution in [0.15, 0.2) is 0 Å². The summed E-state index contributed by atoms with van der Waals surface area (Å²) in [5.41, 5.74) is -2.68. The maximum absolute atomic E-state index is 12.0. The van der Waals surface area contributed by atoms with Crippen molar-refractivity contribution in [2.75, 3.05) is 26.8 Å². The number of alkyl halides is 3. The van der Waals surface area contributed by atoms with Gasteiger partial charge in [0.25, 0.3) is 0 Å². The van der Waals surface area contributed by atoms with Gasteiger partial charge in [-0.05, 0) is 6.92 Å². The number of methoxy groups -OCH3 is 1. The third kappa shape index (κ3) is 4.44. The summed E-state index contributed by atoms with van der Waals surface area (Å²) in [4.78, 5) is 0. The Morgan fingerprint density at radius 3 is 2.31 bits per heavy atom. The first-order valence-electron chi connectivity index (χ1n) is 3.80. The molecule has 3 nitrogen and oxygen atoms in total. The first-order chi connectivity index (χ1) is 5.81. The van der Waals surface area contributed by atoms with Crippen molar-refractivity contribution >= 4 is 0 Å². The highest BCUT2D eigenvalue weighted by Crippen LogP contribution is 2.28. The zero-order valence-corrected chi connectivity index (χ0v) is 7.61. The molecule has 0 aliphatic heterocycles. The van der Waals surface area contributed by atoms with Gasteiger partial charge in [0, 0.05) is 20.2 Å². The van der Waals surface area contributed by atoms with E-state index in [-0.39, 0.29) is 6.54 Å². The highest BCUT2D eigenvalue weighted by molar-refractivity contribution is 4.83. The van der Waals surface area contributed by atoms with Gasteiger partial charge < -0.3 is 15.2 Å². The fourth-order valence-electron chi connectivity index (χ4n) is 0.606. The van der Waals surface area contributed by atoms with E-state index < -0.39 is 18.3 Å². The van der Waals surface area contributed by atoms with Crippen molar-refractivity contribution in [3.63, 3.8) is 0 Å². The van der Waals surface area contributed by atoms with Crippen LogP contribution in [0.5, 0.6) is 0 Å². The zero-order valence-electron chi connectivity index (χ0n) is 7.61. The summed E-state index contributed by atoms with van der Waals surface area (Å²) in [7, 11) is 1.45. The highest BCUT2D eigenvalue weighted by Gasteiger charge is 2.49. The fourth-order valence-corrected chi connectivity index (χ4v) is 0.606. The summed E-state index contributed by atoms with van der Waals surface area (Å²) in [5, 5.41) is 11.4. The van der Waals surface area contributed by atoms with Gasteiger partial charge in [-0.2, -0.15) is 13.2 Å². The van der Waals surface area contributed by atoms with Gasteiger partial charge >= 0.3 is 6.18 Å². The number of rotatable bonds is 5. The van der Waals surface area contributed by atoms with Crippen LogP contribution in [0.25, 0.3) is 0 Å². The van der Waals surface area contributed by atoms with Crippen LogP contribution in [0.4, 0.5) is 13.2 Å². The largest absolute Gasteiger partial charge is 0.418 e. The van der Waals surface area contributed by atoms with E-state index in [9.17, 15) is 13.2 Å². The van der Waals surface area contributed by atoms with E-state index in [1.165, 1.54) is 7.11 Å². The van der Waals surface area contributed by atoms with Gasteiger partial charge in [0.15, 0.2) is 5.60 Å². The number of aliphatic hydroxyl groups is 1. The van der Waals surface area contributed by atoms with Crippen LogP contribution in [0, 0.1) is 0 Å². The van der Waals surface area contributed by atoms with Crippen molar-refractivity contribution in [3.8, 4) is 0 Å². The Morgan fingerprint density at radius 1 is 1.38 bits per heavy atom. The number of halogens is 3. The van der Waals surface area contributed by atoms with E-state index in [0.29, 0.717) is 6.61 Å². The Bertz CT molecular complexity index is 147. The molecule has 0 saturated carbocycles. The Labute approximate surface area is 74.9 Å². The van der Waals surface area contributed by atoms with Crippen molar-refractivity contribution < 1.29 is 23.0 Å². The summed E-state index contributed by atoms with van der Waals surface area (Å²) in [6.45, 7) is 0.795. The molecule has 0 spiro atoms. The Balaban J connectivity index is 3.77. The number of nitrogens with one attached hydrogen (secondary N) is 1. The van der Waals surface area contributed by atoms with Crippen molar-refractivity contribution in [1.29, 1.82) is 0 Å². The molecule has 0 aromatic carbocycles. The van der Waals surface area contributed by atoms with Crippen LogP contribution in [-0.2, 0) is 4.74 Å². The third-order valence-corrected chi connectivity index (χ3v) is 1.56. The molecule has 0 aliphatic rings. The quantitative estimate of drug-likeness (QED) is 0.638. The molecule has 0 heterocycles. The Hall–Kier alpha value is -0.330. The second-order valence-corrected chi connectivity index (χ2v) is 2.94. The van der Waals surface area contributed by atoms with E-state index in [2.05, 4.69) is 10.1 Å². The average molecular weight is 201 g/mol.